The Hall–Kier alpha value is -0.630. The van der Waals surface area contributed by atoms with E-state index in [2.05, 4.69) is 6.92 Å². The molecule has 0 aliphatic rings. The molecule has 0 bridgehead atoms. The minimum atomic E-state index is -0.204. The first-order valence-electron chi connectivity index (χ1n) is 7.05. The number of rotatable bonds is 11. The van der Waals surface area contributed by atoms with E-state index in [0.717, 1.165) is 25.7 Å². The summed E-state index contributed by atoms with van der Waals surface area (Å²) in [5.41, 5.74) is 0. The van der Waals surface area contributed by atoms with Crippen LogP contribution in [0.1, 0.15) is 71.6 Å². The number of hydrogen-bond acceptors (Lipinski definition) is 2. The van der Waals surface area contributed by atoms with Gasteiger partial charge in [-0.05, 0) is 19.3 Å². The number of unbranched alkanes of at least 4 members (excludes halogenated alkanes) is 3. The lowest BCUT2D eigenvalue weighted by molar-refractivity contribution is -0.118. The van der Waals surface area contributed by atoms with Gasteiger partial charge in [-0.15, -0.1) is 0 Å². The summed E-state index contributed by atoms with van der Waals surface area (Å²) < 4.78 is 0. The molecule has 0 saturated heterocycles. The Kier molecular flexibility index (Phi) is 11.4. The van der Waals surface area contributed by atoms with Gasteiger partial charge in [-0.3, -0.25) is 4.79 Å². The predicted octanol–water partition coefficient (Wildman–Crippen LogP) is 4.02. The molecular formula is C15H28O2. The number of ketones is 1. The highest BCUT2D eigenvalue weighted by Crippen LogP contribution is 2.08. The van der Waals surface area contributed by atoms with Crippen LogP contribution in [0.2, 0.25) is 0 Å². The lowest BCUT2D eigenvalue weighted by atomic mass is 10.1. The summed E-state index contributed by atoms with van der Waals surface area (Å²) in [6, 6.07) is 0. The molecule has 2 heteroatoms. The molecule has 0 spiro atoms. The van der Waals surface area contributed by atoms with Crippen molar-refractivity contribution >= 4 is 5.78 Å². The van der Waals surface area contributed by atoms with Gasteiger partial charge in [-0.25, -0.2) is 0 Å². The Morgan fingerprint density at radius 3 is 2.59 bits per heavy atom. The van der Waals surface area contributed by atoms with Gasteiger partial charge in [0.2, 0.25) is 0 Å². The Bertz CT molecular complexity index is 209. The Balaban J connectivity index is 3.39. The number of aliphatic hydroxyl groups excluding tert-OH is 1. The van der Waals surface area contributed by atoms with Crippen molar-refractivity contribution in [3.63, 3.8) is 0 Å². The summed E-state index contributed by atoms with van der Waals surface area (Å²) in [6.45, 7) is 4.09. The van der Waals surface area contributed by atoms with E-state index in [4.69, 9.17) is 0 Å². The van der Waals surface area contributed by atoms with E-state index in [1.807, 2.05) is 19.1 Å². The molecule has 0 aromatic heterocycles. The second-order valence-electron chi connectivity index (χ2n) is 4.64. The SMILES string of the molecule is CCCCCCC(O)C/C=C\CCC(=O)CC. The molecule has 0 saturated carbocycles. The fourth-order valence-electron chi connectivity index (χ4n) is 1.72. The maximum atomic E-state index is 11.0. The highest BCUT2D eigenvalue weighted by molar-refractivity contribution is 5.78. The summed E-state index contributed by atoms with van der Waals surface area (Å²) in [7, 11) is 0. The topological polar surface area (TPSA) is 37.3 Å². The van der Waals surface area contributed by atoms with Gasteiger partial charge in [0.25, 0.3) is 0 Å². The zero-order valence-corrected chi connectivity index (χ0v) is 11.5. The third-order valence-electron chi connectivity index (χ3n) is 2.95. The lowest BCUT2D eigenvalue weighted by Gasteiger charge is -2.06. The molecule has 100 valence electrons. The maximum absolute atomic E-state index is 11.0. The molecule has 0 aromatic rings. The summed E-state index contributed by atoms with van der Waals surface area (Å²) >= 11 is 0. The predicted molar refractivity (Wildman–Crippen MR) is 73.1 cm³/mol. The third-order valence-corrected chi connectivity index (χ3v) is 2.95. The van der Waals surface area contributed by atoms with E-state index in [-0.39, 0.29) is 6.10 Å². The molecular weight excluding hydrogens is 212 g/mol. The van der Waals surface area contributed by atoms with E-state index in [1.165, 1.54) is 19.3 Å². The number of carbonyl (C=O) groups excluding carboxylic acids is 1. The second-order valence-corrected chi connectivity index (χ2v) is 4.64. The molecule has 0 amide bonds. The van der Waals surface area contributed by atoms with E-state index in [9.17, 15) is 9.90 Å². The molecule has 17 heavy (non-hydrogen) atoms. The molecule has 1 N–H and O–H groups in total. The van der Waals surface area contributed by atoms with Gasteiger partial charge in [0.1, 0.15) is 5.78 Å². The molecule has 0 rings (SSSR count). The van der Waals surface area contributed by atoms with Crippen LogP contribution in [0.25, 0.3) is 0 Å². The monoisotopic (exact) mass is 240 g/mol. The molecule has 0 heterocycles. The van der Waals surface area contributed by atoms with Crippen LogP contribution in [0.3, 0.4) is 0 Å². The third kappa shape index (κ3) is 11.6. The largest absolute Gasteiger partial charge is 0.393 e. The average molecular weight is 240 g/mol. The van der Waals surface area contributed by atoms with Crippen LogP contribution >= 0.6 is 0 Å². The Morgan fingerprint density at radius 1 is 1.18 bits per heavy atom. The number of Topliss-reactive ketones (excluding diaryl/α,β-unsaturated/α-hetero) is 1. The summed E-state index contributed by atoms with van der Waals surface area (Å²) in [4.78, 5) is 11.0. The smallest absolute Gasteiger partial charge is 0.132 e. The quantitative estimate of drug-likeness (QED) is 0.437. The van der Waals surface area contributed by atoms with Crippen molar-refractivity contribution in [3.8, 4) is 0 Å². The number of aliphatic hydroxyl groups is 1. The van der Waals surface area contributed by atoms with Crippen LogP contribution < -0.4 is 0 Å². The normalized spacial score (nSPS) is 13.1. The van der Waals surface area contributed by atoms with Crippen LogP contribution in [0.5, 0.6) is 0 Å². The van der Waals surface area contributed by atoms with Crippen molar-refractivity contribution in [2.75, 3.05) is 0 Å². The minimum absolute atomic E-state index is 0.204. The zero-order valence-electron chi connectivity index (χ0n) is 11.5. The van der Waals surface area contributed by atoms with Crippen molar-refractivity contribution in [1.29, 1.82) is 0 Å². The highest BCUT2D eigenvalue weighted by atomic mass is 16.3. The first-order chi connectivity index (χ1) is 8.20. The summed E-state index contributed by atoms with van der Waals surface area (Å²) in [6.07, 6.45) is 12.4. The van der Waals surface area contributed by atoms with Crippen LogP contribution in [0.4, 0.5) is 0 Å². The van der Waals surface area contributed by atoms with Crippen molar-refractivity contribution in [2.45, 2.75) is 77.7 Å². The van der Waals surface area contributed by atoms with Crippen molar-refractivity contribution in [3.05, 3.63) is 12.2 Å². The van der Waals surface area contributed by atoms with Crippen LogP contribution in [-0.2, 0) is 4.79 Å². The van der Waals surface area contributed by atoms with Gasteiger partial charge in [-0.2, -0.15) is 0 Å². The van der Waals surface area contributed by atoms with Crippen LogP contribution in [0, 0.1) is 0 Å². The van der Waals surface area contributed by atoms with Crippen molar-refractivity contribution < 1.29 is 9.90 Å². The Morgan fingerprint density at radius 2 is 1.94 bits per heavy atom. The van der Waals surface area contributed by atoms with Crippen LogP contribution in [0.15, 0.2) is 12.2 Å². The zero-order chi connectivity index (χ0) is 12.9. The molecule has 0 fully saturated rings. The standard InChI is InChI=1S/C15H28O2/c1-3-5-6-8-12-15(17)13-10-7-9-11-14(16)4-2/h7,10,15,17H,3-6,8-9,11-13H2,1-2H3/b10-7-. The van der Waals surface area contributed by atoms with E-state index >= 15 is 0 Å². The van der Waals surface area contributed by atoms with Gasteiger partial charge in [0.15, 0.2) is 0 Å². The van der Waals surface area contributed by atoms with E-state index < -0.39 is 0 Å². The molecule has 1 atom stereocenters. The fourth-order valence-corrected chi connectivity index (χ4v) is 1.72. The van der Waals surface area contributed by atoms with Gasteiger partial charge >= 0.3 is 0 Å². The average Bonchev–Trinajstić information content (AvgIpc) is 2.34. The van der Waals surface area contributed by atoms with Gasteiger partial charge < -0.3 is 5.11 Å². The molecule has 1 unspecified atom stereocenters. The van der Waals surface area contributed by atoms with Crippen LogP contribution in [-0.4, -0.2) is 17.0 Å². The summed E-state index contributed by atoms with van der Waals surface area (Å²) in [5.74, 6) is 0.315. The van der Waals surface area contributed by atoms with Gasteiger partial charge in [0, 0.05) is 12.8 Å². The molecule has 2 nitrogen and oxygen atoms in total. The van der Waals surface area contributed by atoms with Crippen molar-refractivity contribution in [2.24, 2.45) is 0 Å². The lowest BCUT2D eigenvalue weighted by Crippen LogP contribution is -2.04. The number of carbonyl (C=O) groups is 1. The number of allylic oxidation sites excluding steroid dienone is 1. The highest BCUT2D eigenvalue weighted by Gasteiger charge is 2.01. The maximum Gasteiger partial charge on any atom is 0.132 e. The molecule has 0 aromatic carbocycles. The first kappa shape index (κ1) is 16.4. The fraction of sp³-hybridized carbons (Fsp3) is 0.800. The first-order valence-corrected chi connectivity index (χ1v) is 7.05. The van der Waals surface area contributed by atoms with E-state index in [0.29, 0.717) is 18.6 Å². The minimum Gasteiger partial charge on any atom is -0.393 e. The van der Waals surface area contributed by atoms with Gasteiger partial charge in [0.05, 0.1) is 6.10 Å². The summed E-state index contributed by atoms with van der Waals surface area (Å²) in [5, 5.41) is 9.69. The van der Waals surface area contributed by atoms with Crippen molar-refractivity contribution in [1.82, 2.24) is 0 Å². The van der Waals surface area contributed by atoms with Gasteiger partial charge in [-0.1, -0.05) is 51.7 Å². The Labute approximate surface area is 106 Å². The molecule has 0 aliphatic heterocycles. The second kappa shape index (κ2) is 11.8. The molecule has 0 radical (unpaired) electrons. The van der Waals surface area contributed by atoms with E-state index in [1.54, 1.807) is 0 Å². The number of hydrogen-bond donors (Lipinski definition) is 1. The molecule has 0 aliphatic carbocycles.